The lowest BCUT2D eigenvalue weighted by atomic mass is 9.93. The summed E-state index contributed by atoms with van der Waals surface area (Å²) in [4.78, 5) is 12.3. The SMILES string of the molecule is N#Cc1ccc(NC(=O)C2NCC3CCCC32)cc1. The molecule has 1 saturated carbocycles. The fraction of sp³-hybridized carbons (Fsp3) is 0.467. The molecule has 1 aromatic rings. The highest BCUT2D eigenvalue weighted by molar-refractivity contribution is 5.95. The van der Waals surface area contributed by atoms with E-state index in [0.717, 1.165) is 18.7 Å². The molecule has 1 heterocycles. The number of amides is 1. The molecule has 1 aromatic carbocycles. The van der Waals surface area contributed by atoms with E-state index in [4.69, 9.17) is 5.26 Å². The molecule has 3 atom stereocenters. The quantitative estimate of drug-likeness (QED) is 0.848. The number of rotatable bonds is 2. The van der Waals surface area contributed by atoms with E-state index in [1.54, 1.807) is 24.3 Å². The van der Waals surface area contributed by atoms with Crippen LogP contribution in [0, 0.1) is 23.2 Å². The number of hydrogen-bond acceptors (Lipinski definition) is 3. The molecule has 19 heavy (non-hydrogen) atoms. The summed E-state index contributed by atoms with van der Waals surface area (Å²) in [5.41, 5.74) is 1.36. The number of fused-ring (bicyclic) bond motifs is 1. The summed E-state index contributed by atoms with van der Waals surface area (Å²) < 4.78 is 0. The van der Waals surface area contributed by atoms with Crippen LogP contribution in [0.25, 0.3) is 0 Å². The van der Waals surface area contributed by atoms with Gasteiger partial charge in [-0.25, -0.2) is 0 Å². The van der Waals surface area contributed by atoms with Gasteiger partial charge in [-0.3, -0.25) is 4.79 Å². The molecular formula is C15H17N3O. The maximum absolute atomic E-state index is 12.3. The van der Waals surface area contributed by atoms with Crippen LogP contribution in [0.4, 0.5) is 5.69 Å². The van der Waals surface area contributed by atoms with Crippen LogP contribution in [0.5, 0.6) is 0 Å². The van der Waals surface area contributed by atoms with E-state index in [9.17, 15) is 4.79 Å². The Morgan fingerprint density at radius 1 is 1.32 bits per heavy atom. The van der Waals surface area contributed by atoms with Crippen LogP contribution in [0.3, 0.4) is 0 Å². The van der Waals surface area contributed by atoms with Gasteiger partial charge in [-0.1, -0.05) is 6.42 Å². The second-order valence-corrected chi connectivity index (χ2v) is 5.42. The van der Waals surface area contributed by atoms with Crippen LogP contribution < -0.4 is 10.6 Å². The molecule has 0 aromatic heterocycles. The lowest BCUT2D eigenvalue weighted by molar-refractivity contribution is -0.118. The molecule has 1 amide bonds. The van der Waals surface area contributed by atoms with Gasteiger partial charge < -0.3 is 10.6 Å². The monoisotopic (exact) mass is 255 g/mol. The molecule has 1 aliphatic heterocycles. The van der Waals surface area contributed by atoms with Crippen molar-refractivity contribution in [2.75, 3.05) is 11.9 Å². The molecule has 1 aliphatic carbocycles. The Bertz CT molecular complexity index is 517. The van der Waals surface area contributed by atoms with E-state index in [1.165, 1.54) is 12.8 Å². The van der Waals surface area contributed by atoms with Crippen LogP contribution in [-0.4, -0.2) is 18.5 Å². The molecule has 4 heteroatoms. The van der Waals surface area contributed by atoms with Crippen molar-refractivity contribution in [2.45, 2.75) is 25.3 Å². The first kappa shape index (κ1) is 12.2. The minimum absolute atomic E-state index is 0.0526. The largest absolute Gasteiger partial charge is 0.325 e. The molecule has 0 bridgehead atoms. The summed E-state index contributed by atoms with van der Waals surface area (Å²) in [5.74, 6) is 1.23. The number of nitrogens with zero attached hydrogens (tertiary/aromatic N) is 1. The average Bonchev–Trinajstić information content (AvgIpc) is 3.01. The Morgan fingerprint density at radius 3 is 2.84 bits per heavy atom. The molecule has 2 fully saturated rings. The van der Waals surface area contributed by atoms with E-state index in [-0.39, 0.29) is 11.9 Å². The van der Waals surface area contributed by atoms with Crippen LogP contribution in [-0.2, 0) is 4.79 Å². The Hall–Kier alpha value is -1.86. The Kier molecular flexibility index (Phi) is 3.22. The summed E-state index contributed by atoms with van der Waals surface area (Å²) in [6, 6.07) is 9.00. The van der Waals surface area contributed by atoms with Gasteiger partial charge in [0.25, 0.3) is 0 Å². The van der Waals surface area contributed by atoms with Crippen molar-refractivity contribution < 1.29 is 4.79 Å². The van der Waals surface area contributed by atoms with E-state index < -0.39 is 0 Å². The summed E-state index contributed by atoms with van der Waals surface area (Å²) in [7, 11) is 0. The molecule has 0 spiro atoms. The smallest absolute Gasteiger partial charge is 0.241 e. The van der Waals surface area contributed by atoms with Crippen LogP contribution in [0.1, 0.15) is 24.8 Å². The molecule has 3 rings (SSSR count). The third-order valence-electron chi connectivity index (χ3n) is 4.31. The third-order valence-corrected chi connectivity index (χ3v) is 4.31. The van der Waals surface area contributed by atoms with Crippen LogP contribution >= 0.6 is 0 Å². The summed E-state index contributed by atoms with van der Waals surface area (Å²) in [5, 5.41) is 15.0. The fourth-order valence-corrected chi connectivity index (χ4v) is 3.32. The summed E-state index contributed by atoms with van der Waals surface area (Å²) in [6.45, 7) is 0.968. The minimum atomic E-state index is -0.0526. The molecule has 98 valence electrons. The maximum Gasteiger partial charge on any atom is 0.241 e. The van der Waals surface area contributed by atoms with Gasteiger partial charge in [0.1, 0.15) is 0 Å². The van der Waals surface area contributed by atoms with Gasteiger partial charge in [0.05, 0.1) is 17.7 Å². The predicted molar refractivity (Wildman–Crippen MR) is 72.4 cm³/mol. The van der Waals surface area contributed by atoms with E-state index in [2.05, 4.69) is 16.7 Å². The minimum Gasteiger partial charge on any atom is -0.325 e. The zero-order chi connectivity index (χ0) is 13.2. The number of anilines is 1. The van der Waals surface area contributed by atoms with E-state index in [0.29, 0.717) is 17.4 Å². The molecule has 4 nitrogen and oxygen atoms in total. The first-order valence-corrected chi connectivity index (χ1v) is 6.82. The third kappa shape index (κ3) is 2.34. The zero-order valence-electron chi connectivity index (χ0n) is 10.7. The van der Waals surface area contributed by atoms with Gasteiger partial charge in [-0.15, -0.1) is 0 Å². The van der Waals surface area contributed by atoms with Crippen molar-refractivity contribution >= 4 is 11.6 Å². The first-order valence-electron chi connectivity index (χ1n) is 6.82. The second kappa shape index (κ2) is 5.02. The molecule has 2 N–H and O–H groups in total. The number of carbonyl (C=O) groups is 1. The highest BCUT2D eigenvalue weighted by Crippen LogP contribution is 2.37. The second-order valence-electron chi connectivity index (χ2n) is 5.42. The Morgan fingerprint density at radius 2 is 2.11 bits per heavy atom. The van der Waals surface area contributed by atoms with Crippen molar-refractivity contribution in [1.82, 2.24) is 5.32 Å². The van der Waals surface area contributed by atoms with E-state index in [1.807, 2.05) is 0 Å². The molecule has 3 unspecified atom stereocenters. The van der Waals surface area contributed by atoms with Crippen molar-refractivity contribution in [3.05, 3.63) is 29.8 Å². The molecule has 0 radical (unpaired) electrons. The fourth-order valence-electron chi connectivity index (χ4n) is 3.32. The van der Waals surface area contributed by atoms with Crippen LogP contribution in [0.2, 0.25) is 0 Å². The highest BCUT2D eigenvalue weighted by Gasteiger charge is 2.42. The Labute approximate surface area is 112 Å². The van der Waals surface area contributed by atoms with Gasteiger partial charge in [-0.05, 0) is 55.5 Å². The normalized spacial score (nSPS) is 28.7. The predicted octanol–water partition coefficient (Wildman–Crippen LogP) is 1.88. The standard InChI is InChI=1S/C15H17N3O/c16-8-10-4-6-12(7-5-10)18-15(19)14-13-3-1-2-11(13)9-17-14/h4-7,11,13-14,17H,1-3,9H2,(H,18,19). The van der Waals surface area contributed by atoms with Crippen molar-refractivity contribution in [3.8, 4) is 6.07 Å². The zero-order valence-corrected chi connectivity index (χ0v) is 10.7. The van der Waals surface area contributed by atoms with Gasteiger partial charge in [0.2, 0.25) is 5.91 Å². The van der Waals surface area contributed by atoms with Crippen molar-refractivity contribution in [3.63, 3.8) is 0 Å². The number of nitrogens with one attached hydrogen (secondary N) is 2. The Balaban J connectivity index is 1.66. The van der Waals surface area contributed by atoms with Crippen molar-refractivity contribution in [2.24, 2.45) is 11.8 Å². The lowest BCUT2D eigenvalue weighted by Crippen LogP contribution is -2.39. The van der Waals surface area contributed by atoms with Gasteiger partial charge in [0, 0.05) is 5.69 Å². The summed E-state index contributed by atoms with van der Waals surface area (Å²) in [6.07, 6.45) is 3.65. The van der Waals surface area contributed by atoms with Gasteiger partial charge in [0.15, 0.2) is 0 Å². The maximum atomic E-state index is 12.3. The molecular weight excluding hydrogens is 238 g/mol. The van der Waals surface area contributed by atoms with Gasteiger partial charge >= 0.3 is 0 Å². The van der Waals surface area contributed by atoms with E-state index >= 15 is 0 Å². The average molecular weight is 255 g/mol. The first-order chi connectivity index (χ1) is 9.28. The highest BCUT2D eigenvalue weighted by atomic mass is 16.2. The lowest BCUT2D eigenvalue weighted by Gasteiger charge is -2.17. The summed E-state index contributed by atoms with van der Waals surface area (Å²) >= 11 is 0. The number of benzene rings is 1. The molecule has 1 saturated heterocycles. The van der Waals surface area contributed by atoms with Gasteiger partial charge in [-0.2, -0.15) is 5.26 Å². The number of nitriles is 1. The van der Waals surface area contributed by atoms with Crippen molar-refractivity contribution in [1.29, 1.82) is 5.26 Å². The number of carbonyl (C=O) groups excluding carboxylic acids is 1. The molecule has 2 aliphatic rings. The topological polar surface area (TPSA) is 64.9 Å². The number of hydrogen-bond donors (Lipinski definition) is 2. The van der Waals surface area contributed by atoms with Crippen LogP contribution in [0.15, 0.2) is 24.3 Å².